The molecule has 0 aromatic carbocycles. The van der Waals surface area contributed by atoms with Gasteiger partial charge < -0.3 is 25.5 Å². The van der Waals surface area contributed by atoms with E-state index in [4.69, 9.17) is 15.6 Å². The van der Waals surface area contributed by atoms with Crippen LogP contribution in [0.4, 0.5) is 5.82 Å². The molecule has 2 aromatic heterocycles. The van der Waals surface area contributed by atoms with Gasteiger partial charge in [-0.1, -0.05) is 13.3 Å². The van der Waals surface area contributed by atoms with Crippen molar-refractivity contribution in [3.05, 3.63) is 10.5 Å². The van der Waals surface area contributed by atoms with Gasteiger partial charge >= 0.3 is 17.7 Å². The minimum Gasteiger partial charge on any atom is -0.481 e. The van der Waals surface area contributed by atoms with Crippen molar-refractivity contribution < 1.29 is 14.6 Å². The molecule has 160 valence electrons. The fraction of sp³-hybridized carbons (Fsp3) is 0.667. The summed E-state index contributed by atoms with van der Waals surface area (Å²) >= 11 is 0. The number of nitrogens with zero attached hydrogens (tertiary/aromatic N) is 5. The first-order valence-corrected chi connectivity index (χ1v) is 10.0. The zero-order chi connectivity index (χ0) is 20.8. The Morgan fingerprint density at radius 1 is 1.17 bits per heavy atom. The number of ether oxygens (including phenoxy) is 1. The molecule has 0 atom stereocenters. The van der Waals surface area contributed by atoms with E-state index in [1.165, 1.54) is 0 Å². The summed E-state index contributed by atoms with van der Waals surface area (Å²) in [6, 6.07) is 0.184. The average Bonchev–Trinajstić information content (AvgIpc) is 3.01. The third kappa shape index (κ3) is 5.45. The summed E-state index contributed by atoms with van der Waals surface area (Å²) in [5, 5.41) is 8.80. The molecule has 1 aliphatic rings. The maximum absolute atomic E-state index is 12.4. The molecule has 1 saturated heterocycles. The molecule has 4 N–H and O–H groups in total. The molecule has 0 amide bonds. The Labute approximate surface area is 168 Å². The van der Waals surface area contributed by atoms with Crippen molar-refractivity contribution in [2.75, 3.05) is 51.6 Å². The predicted octanol–water partition coefficient (Wildman–Crippen LogP) is -0.0270. The Bertz CT molecular complexity index is 886. The lowest BCUT2D eigenvalue weighted by Gasteiger charge is -2.34. The number of rotatable bonds is 10. The van der Waals surface area contributed by atoms with Crippen LogP contribution in [-0.4, -0.2) is 86.3 Å². The van der Waals surface area contributed by atoms with Crippen molar-refractivity contribution >= 4 is 23.0 Å². The molecular formula is C18H29N7O4. The van der Waals surface area contributed by atoms with Gasteiger partial charge in [-0.2, -0.15) is 9.97 Å². The van der Waals surface area contributed by atoms with E-state index in [1.54, 1.807) is 4.57 Å². The number of nitrogens with two attached hydrogens (primary N) is 1. The summed E-state index contributed by atoms with van der Waals surface area (Å²) < 4.78 is 7.12. The third-order valence-corrected chi connectivity index (χ3v) is 5.11. The first-order chi connectivity index (χ1) is 14.0. The first kappa shape index (κ1) is 21.1. The van der Waals surface area contributed by atoms with Crippen molar-refractivity contribution in [1.29, 1.82) is 0 Å². The second-order valence-electron chi connectivity index (χ2n) is 7.20. The molecule has 1 aliphatic heterocycles. The molecule has 0 bridgehead atoms. The van der Waals surface area contributed by atoms with Crippen LogP contribution >= 0.6 is 0 Å². The van der Waals surface area contributed by atoms with Crippen LogP contribution in [0.15, 0.2) is 4.79 Å². The summed E-state index contributed by atoms with van der Waals surface area (Å²) in [5.41, 5.74) is 6.58. The predicted molar refractivity (Wildman–Crippen MR) is 108 cm³/mol. The summed E-state index contributed by atoms with van der Waals surface area (Å²) in [6.45, 7) is 7.61. The van der Waals surface area contributed by atoms with Gasteiger partial charge in [-0.25, -0.2) is 4.79 Å². The molecule has 11 nitrogen and oxygen atoms in total. The van der Waals surface area contributed by atoms with Crippen LogP contribution in [0.3, 0.4) is 0 Å². The van der Waals surface area contributed by atoms with E-state index in [0.29, 0.717) is 37.4 Å². The lowest BCUT2D eigenvalue weighted by atomic mass is 10.3. The second-order valence-corrected chi connectivity index (χ2v) is 7.20. The van der Waals surface area contributed by atoms with E-state index < -0.39 is 5.97 Å². The maximum Gasteiger partial charge on any atom is 0.327 e. The number of carbonyl (C=O) groups is 1. The summed E-state index contributed by atoms with van der Waals surface area (Å²) in [7, 11) is 0. The molecule has 0 unspecified atom stereocenters. The highest BCUT2D eigenvalue weighted by Crippen LogP contribution is 2.18. The van der Waals surface area contributed by atoms with Crippen molar-refractivity contribution in [3.63, 3.8) is 0 Å². The molecule has 1 fully saturated rings. The zero-order valence-electron chi connectivity index (χ0n) is 16.8. The van der Waals surface area contributed by atoms with Crippen LogP contribution in [-0.2, 0) is 11.3 Å². The van der Waals surface area contributed by atoms with Crippen LogP contribution in [0.5, 0.6) is 6.01 Å². The van der Waals surface area contributed by atoms with E-state index in [0.717, 1.165) is 39.0 Å². The minimum absolute atomic E-state index is 0.161. The number of hydrogen-bond acceptors (Lipinski definition) is 8. The summed E-state index contributed by atoms with van der Waals surface area (Å²) in [6.07, 6.45) is 2.05. The molecule has 0 radical (unpaired) electrons. The number of imidazole rings is 1. The highest BCUT2D eigenvalue weighted by Gasteiger charge is 2.19. The van der Waals surface area contributed by atoms with Gasteiger partial charge in [0.15, 0.2) is 11.5 Å². The summed E-state index contributed by atoms with van der Waals surface area (Å²) in [4.78, 5) is 38.7. The van der Waals surface area contributed by atoms with Gasteiger partial charge in [-0.05, 0) is 6.42 Å². The number of H-pyrrole nitrogens is 1. The Hall–Kier alpha value is -2.66. The highest BCUT2D eigenvalue weighted by atomic mass is 16.5. The quantitative estimate of drug-likeness (QED) is 0.463. The van der Waals surface area contributed by atoms with Gasteiger partial charge in [0.1, 0.15) is 5.52 Å². The van der Waals surface area contributed by atoms with E-state index in [-0.39, 0.29) is 23.9 Å². The number of aromatic nitrogens is 4. The Balaban J connectivity index is 1.62. The van der Waals surface area contributed by atoms with Crippen LogP contribution in [0.25, 0.3) is 11.2 Å². The first-order valence-electron chi connectivity index (χ1n) is 10.0. The normalized spacial score (nSPS) is 15.8. The third-order valence-electron chi connectivity index (χ3n) is 5.11. The number of carboxylic acid groups (broad SMARTS) is 1. The van der Waals surface area contributed by atoms with Gasteiger partial charge in [-0.15, -0.1) is 0 Å². The molecule has 3 heterocycles. The van der Waals surface area contributed by atoms with Crippen LogP contribution in [0.2, 0.25) is 0 Å². The minimum atomic E-state index is -0.773. The van der Waals surface area contributed by atoms with Gasteiger partial charge in [0, 0.05) is 45.8 Å². The topological polar surface area (TPSA) is 143 Å². The molecule has 2 aromatic rings. The van der Waals surface area contributed by atoms with Crippen LogP contribution in [0, 0.1) is 0 Å². The number of piperazine rings is 1. The van der Waals surface area contributed by atoms with Crippen molar-refractivity contribution in [1.82, 2.24) is 29.3 Å². The van der Waals surface area contributed by atoms with E-state index in [2.05, 4.69) is 31.7 Å². The van der Waals surface area contributed by atoms with Gasteiger partial charge in [0.25, 0.3) is 0 Å². The highest BCUT2D eigenvalue weighted by molar-refractivity contribution is 5.81. The van der Waals surface area contributed by atoms with Gasteiger partial charge in [-0.3, -0.25) is 14.3 Å². The maximum atomic E-state index is 12.4. The van der Waals surface area contributed by atoms with Crippen LogP contribution in [0.1, 0.15) is 26.2 Å². The number of nitrogen functional groups attached to an aromatic ring is 1. The molecule has 11 heteroatoms. The molecular weight excluding hydrogens is 378 g/mol. The summed E-state index contributed by atoms with van der Waals surface area (Å²) in [5.74, 6) is -0.574. The van der Waals surface area contributed by atoms with Gasteiger partial charge in [0.2, 0.25) is 0 Å². The SMILES string of the molecule is CCCCOc1nc(N)c2[nH]c(=O)n(CCN3CCN(CCC(=O)O)CC3)c2n1. The van der Waals surface area contributed by atoms with E-state index in [9.17, 15) is 9.59 Å². The number of anilines is 1. The number of carboxylic acids is 1. The molecule has 29 heavy (non-hydrogen) atoms. The molecule has 0 spiro atoms. The largest absolute Gasteiger partial charge is 0.481 e. The van der Waals surface area contributed by atoms with E-state index >= 15 is 0 Å². The molecule has 0 aliphatic carbocycles. The number of hydrogen-bond donors (Lipinski definition) is 3. The number of unbranched alkanes of at least 4 members (excludes halogenated alkanes) is 1. The smallest absolute Gasteiger partial charge is 0.327 e. The van der Waals surface area contributed by atoms with Crippen molar-refractivity contribution in [2.24, 2.45) is 0 Å². The van der Waals surface area contributed by atoms with Crippen LogP contribution < -0.4 is 16.2 Å². The molecule has 3 rings (SSSR count). The standard InChI is InChI=1S/C18H29N7O4/c1-2-3-12-29-17-21-15(19)14-16(22-17)25(18(28)20-14)11-10-24-8-6-23(7-9-24)5-4-13(26)27/h2-12H2,1H3,(H,20,28)(H,26,27)(H2,19,21,22). The van der Waals surface area contributed by atoms with E-state index in [1.807, 2.05) is 0 Å². The Morgan fingerprint density at radius 2 is 1.86 bits per heavy atom. The second kappa shape index (κ2) is 9.70. The fourth-order valence-electron chi connectivity index (χ4n) is 3.34. The van der Waals surface area contributed by atoms with Gasteiger partial charge in [0.05, 0.1) is 13.0 Å². The molecule has 0 saturated carbocycles. The van der Waals surface area contributed by atoms with Crippen molar-refractivity contribution in [3.8, 4) is 6.01 Å². The Morgan fingerprint density at radius 3 is 2.52 bits per heavy atom. The zero-order valence-corrected chi connectivity index (χ0v) is 16.8. The number of fused-ring (bicyclic) bond motifs is 1. The monoisotopic (exact) mass is 407 g/mol. The average molecular weight is 407 g/mol. The van der Waals surface area contributed by atoms with Crippen molar-refractivity contribution in [2.45, 2.75) is 32.7 Å². The number of aromatic amines is 1. The number of aliphatic carboxylic acids is 1. The lowest BCUT2D eigenvalue weighted by Crippen LogP contribution is -2.47. The Kier molecular flexibility index (Phi) is 7.04. The fourth-order valence-corrected chi connectivity index (χ4v) is 3.34. The lowest BCUT2D eigenvalue weighted by molar-refractivity contribution is -0.137. The number of nitrogens with one attached hydrogen (secondary N) is 1.